The fourth-order valence-electron chi connectivity index (χ4n) is 1.76. The molecule has 1 heterocycles. The predicted octanol–water partition coefficient (Wildman–Crippen LogP) is 2.72. The van der Waals surface area contributed by atoms with Crippen molar-refractivity contribution in [2.45, 2.75) is 0 Å². The van der Waals surface area contributed by atoms with Crippen molar-refractivity contribution in [3.8, 4) is 11.5 Å². The lowest BCUT2D eigenvalue weighted by Gasteiger charge is -2.09. The Morgan fingerprint density at radius 2 is 1.86 bits per heavy atom. The molecule has 0 atom stereocenters. The molecule has 0 aliphatic rings. The van der Waals surface area contributed by atoms with Crippen LogP contribution < -0.4 is 14.8 Å². The highest BCUT2D eigenvalue weighted by Crippen LogP contribution is 2.27. The van der Waals surface area contributed by atoms with Gasteiger partial charge in [0.25, 0.3) is 5.91 Å². The molecule has 2 aromatic rings. The van der Waals surface area contributed by atoms with Gasteiger partial charge in [-0.15, -0.1) is 11.3 Å². The summed E-state index contributed by atoms with van der Waals surface area (Å²) in [4.78, 5) is 23.6. The molecule has 6 nitrogen and oxygen atoms in total. The molecule has 2 N–H and O–H groups in total. The Hall–Kier alpha value is -2.54. The van der Waals surface area contributed by atoms with Crippen molar-refractivity contribution in [2.24, 2.45) is 0 Å². The van der Waals surface area contributed by atoms with Gasteiger partial charge in [0.05, 0.1) is 14.2 Å². The highest BCUT2D eigenvalue weighted by Gasteiger charge is 2.16. The largest absolute Gasteiger partial charge is 0.496 e. The van der Waals surface area contributed by atoms with Crippen LogP contribution in [-0.2, 0) is 0 Å². The summed E-state index contributed by atoms with van der Waals surface area (Å²) in [7, 11) is 2.86. The lowest BCUT2D eigenvalue weighted by Crippen LogP contribution is -2.12. The maximum absolute atomic E-state index is 12.1. The summed E-state index contributed by atoms with van der Waals surface area (Å²) in [6, 6.07) is 6.04. The van der Waals surface area contributed by atoms with Crippen LogP contribution in [0, 0.1) is 0 Å². The first-order valence-corrected chi connectivity index (χ1v) is 6.79. The number of carboxylic acid groups (broad SMARTS) is 1. The van der Waals surface area contributed by atoms with E-state index in [4.69, 9.17) is 14.6 Å². The van der Waals surface area contributed by atoms with Crippen molar-refractivity contribution in [2.75, 3.05) is 19.5 Å². The van der Waals surface area contributed by atoms with Crippen molar-refractivity contribution in [1.82, 2.24) is 0 Å². The van der Waals surface area contributed by atoms with Gasteiger partial charge in [-0.3, -0.25) is 4.79 Å². The Bertz CT molecular complexity index is 680. The van der Waals surface area contributed by atoms with Crippen LogP contribution in [0.4, 0.5) is 5.69 Å². The van der Waals surface area contributed by atoms with Crippen molar-refractivity contribution >= 4 is 28.9 Å². The first kappa shape index (κ1) is 14.9. The molecule has 0 radical (unpaired) electrons. The number of hydrogen-bond acceptors (Lipinski definition) is 5. The van der Waals surface area contributed by atoms with E-state index in [0.29, 0.717) is 16.3 Å². The Morgan fingerprint density at radius 1 is 1.14 bits per heavy atom. The fourth-order valence-corrected chi connectivity index (χ4v) is 2.51. The minimum absolute atomic E-state index is 0.0317. The third-order valence-corrected chi connectivity index (χ3v) is 3.64. The maximum atomic E-state index is 12.1. The number of carbonyl (C=O) groups is 2. The molecule has 7 heteroatoms. The molecule has 0 aliphatic heterocycles. The Balaban J connectivity index is 2.24. The van der Waals surface area contributed by atoms with Crippen LogP contribution in [0.15, 0.2) is 29.6 Å². The van der Waals surface area contributed by atoms with E-state index in [2.05, 4.69) is 5.32 Å². The van der Waals surface area contributed by atoms with E-state index < -0.39 is 5.97 Å². The van der Waals surface area contributed by atoms with Crippen LogP contribution in [0.5, 0.6) is 11.5 Å². The molecule has 21 heavy (non-hydrogen) atoms. The normalized spacial score (nSPS) is 10.0. The minimum Gasteiger partial charge on any atom is -0.496 e. The molecule has 0 unspecified atom stereocenters. The molecule has 2 rings (SSSR count). The first-order chi connectivity index (χ1) is 10.1. The summed E-state index contributed by atoms with van der Waals surface area (Å²) in [5, 5.41) is 13.4. The van der Waals surface area contributed by atoms with Crippen molar-refractivity contribution < 1.29 is 24.2 Å². The summed E-state index contributed by atoms with van der Waals surface area (Å²) in [5.74, 6) is -0.748. The number of rotatable bonds is 5. The van der Waals surface area contributed by atoms with Crippen LogP contribution >= 0.6 is 11.3 Å². The molecule has 1 aromatic heterocycles. The van der Waals surface area contributed by atoms with Crippen LogP contribution in [0.3, 0.4) is 0 Å². The smallest absolute Gasteiger partial charge is 0.339 e. The summed E-state index contributed by atoms with van der Waals surface area (Å²) < 4.78 is 10.1. The van der Waals surface area contributed by atoms with Gasteiger partial charge in [-0.25, -0.2) is 4.79 Å². The van der Waals surface area contributed by atoms with E-state index in [1.807, 2.05) is 0 Å². The van der Waals surface area contributed by atoms with Gasteiger partial charge in [0.2, 0.25) is 0 Å². The Morgan fingerprint density at radius 3 is 2.48 bits per heavy atom. The highest BCUT2D eigenvalue weighted by atomic mass is 32.1. The number of methoxy groups -OCH3 is 2. The number of anilines is 1. The molecule has 0 bridgehead atoms. The van der Waals surface area contributed by atoms with E-state index in [-0.39, 0.29) is 17.2 Å². The van der Waals surface area contributed by atoms with Crippen molar-refractivity contribution in [3.63, 3.8) is 0 Å². The zero-order valence-corrected chi connectivity index (χ0v) is 12.2. The SMILES string of the molecule is COc1cc(NC(=O)c2sccc2OC)ccc1C(=O)O. The number of carboxylic acids is 1. The van der Waals surface area contributed by atoms with Gasteiger partial charge in [0, 0.05) is 11.8 Å². The molecule has 0 spiro atoms. The Labute approximate surface area is 124 Å². The topological polar surface area (TPSA) is 84.9 Å². The molecule has 1 aromatic carbocycles. The number of hydrogen-bond donors (Lipinski definition) is 2. The highest BCUT2D eigenvalue weighted by molar-refractivity contribution is 7.12. The van der Waals surface area contributed by atoms with Crippen LogP contribution in [0.2, 0.25) is 0 Å². The molecule has 0 fully saturated rings. The second kappa shape index (κ2) is 6.27. The third-order valence-electron chi connectivity index (χ3n) is 2.75. The second-order valence-electron chi connectivity index (χ2n) is 3.99. The van der Waals surface area contributed by atoms with E-state index >= 15 is 0 Å². The van der Waals surface area contributed by atoms with Crippen molar-refractivity contribution in [3.05, 3.63) is 40.1 Å². The van der Waals surface area contributed by atoms with Gasteiger partial charge < -0.3 is 19.9 Å². The molecular weight excluding hydrogens is 294 g/mol. The average molecular weight is 307 g/mol. The van der Waals surface area contributed by atoms with Gasteiger partial charge >= 0.3 is 5.97 Å². The number of thiophene rings is 1. The Kier molecular flexibility index (Phi) is 4.44. The summed E-state index contributed by atoms with van der Waals surface area (Å²) >= 11 is 1.26. The molecule has 0 saturated carbocycles. The number of amides is 1. The van der Waals surface area contributed by atoms with Crippen LogP contribution in [-0.4, -0.2) is 31.2 Å². The molecule has 110 valence electrons. The van der Waals surface area contributed by atoms with E-state index in [0.717, 1.165) is 0 Å². The van der Waals surface area contributed by atoms with Crippen LogP contribution in [0.25, 0.3) is 0 Å². The fraction of sp³-hybridized carbons (Fsp3) is 0.143. The van der Waals surface area contributed by atoms with Crippen molar-refractivity contribution in [1.29, 1.82) is 0 Å². The summed E-state index contributed by atoms with van der Waals surface area (Å²) in [5.41, 5.74) is 0.474. The van der Waals surface area contributed by atoms with Crippen LogP contribution in [0.1, 0.15) is 20.0 Å². The lowest BCUT2D eigenvalue weighted by molar-refractivity contribution is 0.0693. The van der Waals surface area contributed by atoms with E-state index in [9.17, 15) is 9.59 Å². The molecular formula is C14H13NO5S. The standard InChI is InChI=1S/C14H13NO5S/c1-19-10-5-6-21-12(10)13(16)15-8-3-4-9(14(17)18)11(7-8)20-2/h3-7H,1-2H3,(H,15,16)(H,17,18). The van der Waals surface area contributed by atoms with Gasteiger partial charge in [-0.1, -0.05) is 0 Å². The number of nitrogens with one attached hydrogen (secondary N) is 1. The first-order valence-electron chi connectivity index (χ1n) is 5.91. The molecule has 0 saturated heterocycles. The zero-order valence-electron chi connectivity index (χ0n) is 11.4. The number of aromatic carboxylic acids is 1. The minimum atomic E-state index is -1.09. The number of carbonyl (C=O) groups excluding carboxylic acids is 1. The number of benzene rings is 1. The summed E-state index contributed by atoms with van der Waals surface area (Å²) in [6.07, 6.45) is 0. The van der Waals surface area contributed by atoms with E-state index in [1.54, 1.807) is 11.4 Å². The second-order valence-corrected chi connectivity index (χ2v) is 4.91. The zero-order chi connectivity index (χ0) is 15.4. The quantitative estimate of drug-likeness (QED) is 0.887. The summed E-state index contributed by atoms with van der Waals surface area (Å²) in [6.45, 7) is 0. The lowest BCUT2D eigenvalue weighted by atomic mass is 10.2. The van der Waals surface area contributed by atoms with E-state index in [1.165, 1.54) is 43.8 Å². The van der Waals surface area contributed by atoms with Gasteiger partial charge in [0.1, 0.15) is 21.9 Å². The van der Waals surface area contributed by atoms with Gasteiger partial charge in [0.15, 0.2) is 0 Å². The van der Waals surface area contributed by atoms with Gasteiger partial charge in [-0.05, 0) is 23.6 Å². The predicted molar refractivity (Wildman–Crippen MR) is 78.8 cm³/mol. The maximum Gasteiger partial charge on any atom is 0.339 e. The number of ether oxygens (including phenoxy) is 2. The third kappa shape index (κ3) is 3.14. The molecule has 1 amide bonds. The van der Waals surface area contributed by atoms with Gasteiger partial charge in [-0.2, -0.15) is 0 Å². The molecule has 0 aliphatic carbocycles. The monoisotopic (exact) mass is 307 g/mol. The average Bonchev–Trinajstić information content (AvgIpc) is 2.95.